The maximum Gasteiger partial charge on any atom is 0.295 e. The van der Waals surface area contributed by atoms with Crippen molar-refractivity contribution in [3.63, 3.8) is 0 Å². The SMILES string of the molecule is Cc1ccc(-c2nc(C(=O)Nc3ccccc3F)nn2-c2ccc(Br)cc2)cc1. The molecule has 0 saturated heterocycles. The number of anilines is 1. The number of carbonyl (C=O) groups is 1. The fourth-order valence-electron chi connectivity index (χ4n) is 2.80. The van der Waals surface area contributed by atoms with Gasteiger partial charge in [0.05, 0.1) is 11.4 Å². The molecular weight excluding hydrogens is 435 g/mol. The lowest BCUT2D eigenvalue weighted by Gasteiger charge is -2.06. The number of nitrogens with zero attached hydrogens (tertiary/aromatic N) is 3. The second-order valence-corrected chi connectivity index (χ2v) is 7.36. The van der Waals surface area contributed by atoms with Crippen LogP contribution in [0, 0.1) is 12.7 Å². The molecule has 4 aromatic rings. The van der Waals surface area contributed by atoms with Crippen LogP contribution in [0.3, 0.4) is 0 Å². The van der Waals surface area contributed by atoms with Gasteiger partial charge in [0.2, 0.25) is 5.82 Å². The topological polar surface area (TPSA) is 59.8 Å². The van der Waals surface area contributed by atoms with E-state index in [1.54, 1.807) is 16.8 Å². The van der Waals surface area contributed by atoms with E-state index in [9.17, 15) is 9.18 Å². The standard InChI is InChI=1S/C22H16BrFN4O/c1-14-6-8-15(9-7-14)21-26-20(22(29)25-19-5-3-2-4-18(19)24)27-28(21)17-12-10-16(23)11-13-17/h2-13H,1H3,(H,25,29). The van der Waals surface area contributed by atoms with E-state index in [2.05, 4.69) is 31.3 Å². The number of nitrogens with one attached hydrogen (secondary N) is 1. The summed E-state index contributed by atoms with van der Waals surface area (Å²) in [6.45, 7) is 2.00. The molecule has 5 nitrogen and oxygen atoms in total. The van der Waals surface area contributed by atoms with Crippen molar-refractivity contribution in [3.05, 3.63) is 94.5 Å². The maximum absolute atomic E-state index is 13.9. The van der Waals surface area contributed by atoms with Gasteiger partial charge in [-0.15, -0.1) is 5.10 Å². The number of benzene rings is 3. The highest BCUT2D eigenvalue weighted by Crippen LogP contribution is 2.23. The van der Waals surface area contributed by atoms with Gasteiger partial charge in [-0.25, -0.2) is 14.1 Å². The van der Waals surface area contributed by atoms with Crippen LogP contribution >= 0.6 is 15.9 Å². The third kappa shape index (κ3) is 4.09. The number of aryl methyl sites for hydroxylation is 1. The average molecular weight is 451 g/mol. The lowest BCUT2D eigenvalue weighted by Crippen LogP contribution is -2.15. The summed E-state index contributed by atoms with van der Waals surface area (Å²) in [5, 5.41) is 6.92. The molecule has 7 heteroatoms. The van der Waals surface area contributed by atoms with Gasteiger partial charge in [0, 0.05) is 10.0 Å². The van der Waals surface area contributed by atoms with Gasteiger partial charge in [-0.05, 0) is 43.3 Å². The molecule has 1 N–H and O–H groups in total. The monoisotopic (exact) mass is 450 g/mol. The second kappa shape index (κ2) is 7.97. The maximum atomic E-state index is 13.9. The highest BCUT2D eigenvalue weighted by atomic mass is 79.9. The number of hydrogen-bond acceptors (Lipinski definition) is 3. The Bertz CT molecular complexity index is 1110. The summed E-state index contributed by atoms with van der Waals surface area (Å²) >= 11 is 3.42. The van der Waals surface area contributed by atoms with Crippen molar-refractivity contribution in [1.82, 2.24) is 14.8 Å². The van der Waals surface area contributed by atoms with Gasteiger partial charge in [0.15, 0.2) is 5.82 Å². The van der Waals surface area contributed by atoms with Crippen molar-refractivity contribution in [2.24, 2.45) is 0 Å². The van der Waals surface area contributed by atoms with Crippen LogP contribution < -0.4 is 5.32 Å². The molecule has 0 aliphatic carbocycles. The summed E-state index contributed by atoms with van der Waals surface area (Å²) in [5.74, 6) is -0.635. The molecule has 0 fully saturated rings. The van der Waals surface area contributed by atoms with Gasteiger partial charge >= 0.3 is 0 Å². The molecule has 0 aliphatic rings. The Kier molecular flexibility index (Phi) is 5.22. The molecule has 29 heavy (non-hydrogen) atoms. The molecular formula is C22H16BrFN4O. The second-order valence-electron chi connectivity index (χ2n) is 6.45. The Morgan fingerprint density at radius 1 is 1.00 bits per heavy atom. The number of aromatic nitrogens is 3. The number of para-hydroxylation sites is 1. The molecule has 0 saturated carbocycles. The normalized spacial score (nSPS) is 10.7. The van der Waals surface area contributed by atoms with Crippen LogP contribution in [0.4, 0.5) is 10.1 Å². The summed E-state index contributed by atoms with van der Waals surface area (Å²) in [4.78, 5) is 17.1. The van der Waals surface area contributed by atoms with Crippen LogP contribution in [0.25, 0.3) is 17.1 Å². The predicted octanol–water partition coefficient (Wildman–Crippen LogP) is 5.40. The molecule has 4 rings (SSSR count). The fourth-order valence-corrected chi connectivity index (χ4v) is 3.07. The number of hydrogen-bond donors (Lipinski definition) is 1. The average Bonchev–Trinajstić information content (AvgIpc) is 3.16. The van der Waals surface area contributed by atoms with Crippen LogP contribution in [0.1, 0.15) is 16.2 Å². The molecule has 0 atom stereocenters. The van der Waals surface area contributed by atoms with Gasteiger partial charge in [-0.1, -0.05) is 57.9 Å². The molecule has 0 unspecified atom stereocenters. The van der Waals surface area contributed by atoms with E-state index in [1.165, 1.54) is 12.1 Å². The number of carbonyl (C=O) groups excluding carboxylic acids is 1. The number of halogens is 2. The molecule has 1 amide bonds. The van der Waals surface area contributed by atoms with Gasteiger partial charge in [0.25, 0.3) is 5.91 Å². The molecule has 144 valence electrons. The molecule has 3 aromatic carbocycles. The minimum Gasteiger partial charge on any atom is -0.317 e. The van der Waals surface area contributed by atoms with E-state index in [1.807, 2.05) is 55.5 Å². The number of rotatable bonds is 4. The zero-order chi connectivity index (χ0) is 20.4. The van der Waals surface area contributed by atoms with E-state index >= 15 is 0 Å². The molecule has 0 aliphatic heterocycles. The number of amides is 1. The van der Waals surface area contributed by atoms with Crippen molar-refractivity contribution in [3.8, 4) is 17.1 Å². The van der Waals surface area contributed by atoms with Crippen molar-refractivity contribution in [2.75, 3.05) is 5.32 Å². The minimum absolute atomic E-state index is 0.0493. The quantitative estimate of drug-likeness (QED) is 0.452. The first-order valence-corrected chi connectivity index (χ1v) is 9.66. The van der Waals surface area contributed by atoms with Crippen LogP contribution in [0.15, 0.2) is 77.3 Å². The summed E-state index contributed by atoms with van der Waals surface area (Å²) in [6.07, 6.45) is 0. The first-order valence-electron chi connectivity index (χ1n) is 8.87. The van der Waals surface area contributed by atoms with Crippen LogP contribution in [0.2, 0.25) is 0 Å². The third-order valence-electron chi connectivity index (χ3n) is 4.31. The first-order chi connectivity index (χ1) is 14.0. The van der Waals surface area contributed by atoms with Crippen LogP contribution in [-0.4, -0.2) is 20.7 Å². The Labute approximate surface area is 175 Å². The van der Waals surface area contributed by atoms with E-state index in [4.69, 9.17) is 0 Å². The van der Waals surface area contributed by atoms with E-state index in [-0.39, 0.29) is 11.5 Å². The predicted molar refractivity (Wildman–Crippen MR) is 114 cm³/mol. The van der Waals surface area contributed by atoms with E-state index in [0.29, 0.717) is 5.82 Å². The molecule has 0 bridgehead atoms. The molecule has 1 aromatic heterocycles. The van der Waals surface area contributed by atoms with Crippen molar-refractivity contribution in [1.29, 1.82) is 0 Å². The third-order valence-corrected chi connectivity index (χ3v) is 4.84. The highest BCUT2D eigenvalue weighted by Gasteiger charge is 2.19. The lowest BCUT2D eigenvalue weighted by atomic mass is 10.1. The first kappa shape index (κ1) is 19.0. The Balaban J connectivity index is 1.76. The Hall–Kier alpha value is -3.32. The summed E-state index contributed by atoms with van der Waals surface area (Å²) in [5.41, 5.74) is 2.76. The Morgan fingerprint density at radius 3 is 2.38 bits per heavy atom. The van der Waals surface area contributed by atoms with E-state index in [0.717, 1.165) is 21.3 Å². The summed E-state index contributed by atoms with van der Waals surface area (Å²) in [7, 11) is 0. The van der Waals surface area contributed by atoms with Crippen molar-refractivity contribution < 1.29 is 9.18 Å². The van der Waals surface area contributed by atoms with Crippen LogP contribution in [0.5, 0.6) is 0 Å². The lowest BCUT2D eigenvalue weighted by molar-refractivity contribution is 0.101. The van der Waals surface area contributed by atoms with E-state index < -0.39 is 11.7 Å². The van der Waals surface area contributed by atoms with Crippen molar-refractivity contribution in [2.45, 2.75) is 6.92 Å². The van der Waals surface area contributed by atoms with Gasteiger partial charge in [-0.2, -0.15) is 0 Å². The molecule has 1 heterocycles. The van der Waals surface area contributed by atoms with Crippen molar-refractivity contribution >= 4 is 27.5 Å². The van der Waals surface area contributed by atoms with Gasteiger partial charge in [-0.3, -0.25) is 4.79 Å². The zero-order valence-corrected chi connectivity index (χ0v) is 17.0. The molecule has 0 spiro atoms. The Morgan fingerprint density at radius 2 is 1.69 bits per heavy atom. The van der Waals surface area contributed by atoms with Gasteiger partial charge in [0.1, 0.15) is 5.82 Å². The largest absolute Gasteiger partial charge is 0.317 e. The minimum atomic E-state index is -0.584. The summed E-state index contributed by atoms with van der Waals surface area (Å²) in [6, 6.07) is 21.3. The smallest absolute Gasteiger partial charge is 0.295 e. The van der Waals surface area contributed by atoms with Crippen LogP contribution in [-0.2, 0) is 0 Å². The van der Waals surface area contributed by atoms with Gasteiger partial charge < -0.3 is 5.32 Å². The zero-order valence-electron chi connectivity index (χ0n) is 15.4. The molecule has 0 radical (unpaired) electrons. The highest BCUT2D eigenvalue weighted by molar-refractivity contribution is 9.10. The summed E-state index contributed by atoms with van der Waals surface area (Å²) < 4.78 is 16.4. The fraction of sp³-hybridized carbons (Fsp3) is 0.0455.